The lowest BCUT2D eigenvalue weighted by Crippen LogP contribution is -2.31. The fraction of sp³-hybridized carbons (Fsp3) is 0.304. The van der Waals surface area contributed by atoms with Gasteiger partial charge in [-0.05, 0) is 55.0 Å². The zero-order chi connectivity index (χ0) is 23.1. The number of H-pyrrole nitrogens is 2. The van der Waals surface area contributed by atoms with Crippen molar-refractivity contribution in [3.05, 3.63) is 72.9 Å². The molecule has 1 aliphatic heterocycles. The van der Waals surface area contributed by atoms with Gasteiger partial charge in [0, 0.05) is 35.1 Å². The van der Waals surface area contributed by atoms with Crippen molar-refractivity contribution in [1.82, 2.24) is 19.9 Å². The summed E-state index contributed by atoms with van der Waals surface area (Å²) < 4.78 is 7.19. The molecule has 5 rings (SSSR count). The first-order valence-corrected chi connectivity index (χ1v) is 11.1. The second-order valence-corrected chi connectivity index (χ2v) is 8.80. The predicted molar refractivity (Wildman–Crippen MR) is 123 cm³/mol. The van der Waals surface area contributed by atoms with Crippen molar-refractivity contribution in [3.63, 3.8) is 0 Å². The molecule has 0 spiro atoms. The highest BCUT2D eigenvalue weighted by Gasteiger charge is 2.28. The van der Waals surface area contributed by atoms with Crippen LogP contribution in [0.3, 0.4) is 0 Å². The minimum absolute atomic E-state index is 0.162. The summed E-state index contributed by atoms with van der Waals surface area (Å²) in [6.45, 7) is 1.03. The first-order valence-electron chi connectivity index (χ1n) is 10.7. The number of nitrogens with one attached hydrogen (secondary N) is 3. The summed E-state index contributed by atoms with van der Waals surface area (Å²) >= 11 is 6.33. The molecule has 10 heteroatoms. The molecule has 170 valence electrons. The van der Waals surface area contributed by atoms with Crippen LogP contribution in [0.5, 0.6) is 5.75 Å². The molecule has 2 aromatic heterocycles. The monoisotopic (exact) mass is 468 g/mol. The number of amides is 1. The van der Waals surface area contributed by atoms with E-state index in [4.69, 9.17) is 16.3 Å². The van der Waals surface area contributed by atoms with E-state index in [0.717, 1.165) is 12.8 Å². The Morgan fingerprint density at radius 1 is 1.00 bits per heavy atom. The van der Waals surface area contributed by atoms with Crippen LogP contribution in [-0.2, 0) is 4.79 Å². The van der Waals surface area contributed by atoms with E-state index in [1.165, 1.54) is 17.0 Å². The van der Waals surface area contributed by atoms with E-state index in [0.29, 0.717) is 47.4 Å². The quantitative estimate of drug-likeness (QED) is 0.510. The molecule has 9 nitrogen and oxygen atoms in total. The van der Waals surface area contributed by atoms with E-state index in [9.17, 15) is 19.2 Å². The Hall–Kier alpha value is -3.59. The first-order chi connectivity index (χ1) is 15.9. The van der Waals surface area contributed by atoms with Crippen LogP contribution < -0.4 is 26.9 Å². The number of nitrogens with zero attached hydrogens (tertiary/aromatic N) is 1. The van der Waals surface area contributed by atoms with Gasteiger partial charge in [-0.3, -0.25) is 19.4 Å². The molecule has 0 bridgehead atoms. The molecule has 2 aliphatic rings. The third-order valence-electron chi connectivity index (χ3n) is 5.89. The van der Waals surface area contributed by atoms with Crippen LogP contribution in [0.1, 0.15) is 25.3 Å². The summed E-state index contributed by atoms with van der Waals surface area (Å²) in [5, 5.41) is 3.13. The number of aromatic nitrogens is 3. The van der Waals surface area contributed by atoms with Crippen molar-refractivity contribution in [3.8, 4) is 28.0 Å². The number of hydrogen-bond donors (Lipinski definition) is 3. The molecule has 1 amide bonds. The first kappa shape index (κ1) is 21.3. The molecule has 33 heavy (non-hydrogen) atoms. The number of carbonyl (C=O) groups excluding carboxylic acids is 1. The molecule has 1 saturated carbocycles. The normalized spacial score (nSPS) is 17.7. The van der Waals surface area contributed by atoms with E-state index >= 15 is 0 Å². The second kappa shape index (κ2) is 8.40. The minimum Gasteiger partial charge on any atom is -0.493 e. The lowest BCUT2D eigenvalue weighted by Gasteiger charge is -2.16. The van der Waals surface area contributed by atoms with Gasteiger partial charge < -0.3 is 19.6 Å². The van der Waals surface area contributed by atoms with E-state index in [1.54, 1.807) is 24.3 Å². The van der Waals surface area contributed by atoms with E-state index in [2.05, 4.69) is 15.3 Å². The van der Waals surface area contributed by atoms with Crippen LogP contribution in [0.15, 0.2) is 51.0 Å². The fourth-order valence-corrected chi connectivity index (χ4v) is 4.18. The standard InChI is InChI=1S/C23H21ClN4O5/c24-15-5-13(6-16(8-15)33-11-12-1-2-12)17-7-14(18-9-26-23(32)27-20(18)29)10-28(22(17)31)19-3-4-25-21(19)30/h5-10,12,19H,1-4,11H2,(H,25,30)(H2,26,27,29,32). The van der Waals surface area contributed by atoms with E-state index in [-0.39, 0.29) is 17.0 Å². The molecule has 3 heterocycles. The van der Waals surface area contributed by atoms with Crippen molar-refractivity contribution in [1.29, 1.82) is 0 Å². The van der Waals surface area contributed by atoms with Crippen LogP contribution in [0, 0.1) is 5.92 Å². The molecular formula is C23H21ClN4O5. The van der Waals surface area contributed by atoms with Gasteiger partial charge in [0.2, 0.25) is 5.91 Å². The zero-order valence-corrected chi connectivity index (χ0v) is 18.3. The summed E-state index contributed by atoms with van der Waals surface area (Å²) in [5.41, 5.74) is -0.329. The number of ether oxygens (including phenoxy) is 1. The van der Waals surface area contributed by atoms with Gasteiger partial charge in [-0.15, -0.1) is 0 Å². The van der Waals surface area contributed by atoms with Gasteiger partial charge in [0.25, 0.3) is 11.1 Å². The molecule has 3 aromatic rings. The summed E-state index contributed by atoms with van der Waals surface area (Å²) in [6, 6.07) is 5.91. The average Bonchev–Trinajstić information content (AvgIpc) is 3.51. The number of rotatable bonds is 6. The third-order valence-corrected chi connectivity index (χ3v) is 6.11. The molecular weight excluding hydrogens is 448 g/mol. The van der Waals surface area contributed by atoms with Crippen LogP contribution in [0.25, 0.3) is 22.3 Å². The van der Waals surface area contributed by atoms with Gasteiger partial charge in [-0.2, -0.15) is 0 Å². The lowest BCUT2D eigenvalue weighted by atomic mass is 10.0. The van der Waals surface area contributed by atoms with Crippen molar-refractivity contribution < 1.29 is 9.53 Å². The fourth-order valence-electron chi connectivity index (χ4n) is 3.96. The highest BCUT2D eigenvalue weighted by molar-refractivity contribution is 6.31. The Balaban J connectivity index is 1.68. The maximum Gasteiger partial charge on any atom is 0.325 e. The van der Waals surface area contributed by atoms with Crippen molar-refractivity contribution in [2.45, 2.75) is 25.3 Å². The Labute approximate surface area is 192 Å². The third kappa shape index (κ3) is 4.36. The average molecular weight is 469 g/mol. The summed E-state index contributed by atoms with van der Waals surface area (Å²) in [5.74, 6) is 0.817. The molecule has 3 N–H and O–H groups in total. The highest BCUT2D eigenvalue weighted by atomic mass is 35.5. The Kier molecular flexibility index (Phi) is 5.41. The van der Waals surface area contributed by atoms with Gasteiger partial charge in [0.1, 0.15) is 11.8 Å². The molecule has 1 aromatic carbocycles. The Morgan fingerprint density at radius 3 is 2.52 bits per heavy atom. The molecule has 2 fully saturated rings. The van der Waals surface area contributed by atoms with E-state index in [1.807, 2.05) is 0 Å². The molecule has 1 saturated heterocycles. The van der Waals surface area contributed by atoms with Crippen molar-refractivity contribution in [2.24, 2.45) is 5.92 Å². The highest BCUT2D eigenvalue weighted by Crippen LogP contribution is 2.33. The maximum absolute atomic E-state index is 13.5. The lowest BCUT2D eigenvalue weighted by molar-refractivity contribution is -0.121. The SMILES string of the molecule is O=C1NCCC1n1cc(-c2c[nH]c(=O)[nH]c2=O)cc(-c2cc(Cl)cc(OCC3CC3)c2)c1=O. The molecule has 1 unspecified atom stereocenters. The predicted octanol–water partition coefficient (Wildman–Crippen LogP) is 2.06. The number of pyridine rings is 1. The van der Waals surface area contributed by atoms with Crippen molar-refractivity contribution in [2.75, 3.05) is 13.2 Å². The van der Waals surface area contributed by atoms with Gasteiger partial charge in [0.05, 0.1) is 12.2 Å². The summed E-state index contributed by atoms with van der Waals surface area (Å²) in [7, 11) is 0. The molecule has 1 aliphatic carbocycles. The summed E-state index contributed by atoms with van der Waals surface area (Å²) in [4.78, 5) is 54.4. The molecule has 1 atom stereocenters. The Morgan fingerprint density at radius 2 is 1.82 bits per heavy atom. The number of hydrogen-bond acceptors (Lipinski definition) is 5. The minimum atomic E-state index is -0.706. The van der Waals surface area contributed by atoms with Gasteiger partial charge in [-0.25, -0.2) is 4.79 Å². The smallest absolute Gasteiger partial charge is 0.325 e. The van der Waals surface area contributed by atoms with Gasteiger partial charge >= 0.3 is 5.69 Å². The van der Waals surface area contributed by atoms with Crippen LogP contribution in [0.2, 0.25) is 5.02 Å². The maximum atomic E-state index is 13.5. The Bertz CT molecular complexity index is 1420. The van der Waals surface area contributed by atoms with E-state index < -0.39 is 22.9 Å². The zero-order valence-electron chi connectivity index (χ0n) is 17.5. The van der Waals surface area contributed by atoms with Crippen LogP contribution in [-0.4, -0.2) is 33.6 Å². The topological polar surface area (TPSA) is 126 Å². The number of carbonyl (C=O) groups is 1. The van der Waals surface area contributed by atoms with Gasteiger partial charge in [-0.1, -0.05) is 11.6 Å². The number of halogens is 1. The van der Waals surface area contributed by atoms with Gasteiger partial charge in [0.15, 0.2) is 0 Å². The molecule has 0 radical (unpaired) electrons. The summed E-state index contributed by atoms with van der Waals surface area (Å²) in [6.07, 6.45) is 5.47. The van der Waals surface area contributed by atoms with Crippen LogP contribution >= 0.6 is 11.6 Å². The van der Waals surface area contributed by atoms with Crippen molar-refractivity contribution >= 4 is 17.5 Å². The second-order valence-electron chi connectivity index (χ2n) is 8.37. The largest absolute Gasteiger partial charge is 0.493 e. The number of aromatic amines is 2. The van der Waals surface area contributed by atoms with Crippen LogP contribution in [0.4, 0.5) is 0 Å². The number of benzene rings is 1.